The van der Waals surface area contributed by atoms with E-state index in [1.807, 2.05) is 36.9 Å². The standard InChI is InChI=1S/C21H23FN10O/c1-13(18-23-9-14(22)10-24-18)26-21-29-19(27-16-11-31(2)12-25-16)15-3-4-17(28-20(15)30-21)32-5-7-33-8-6-32/h3-4,9-13H,5-8H2,1-2H3,(H2,26,27,28,29,30). The van der Waals surface area contributed by atoms with Crippen LogP contribution in [-0.4, -0.2) is 60.8 Å². The number of hydrogen-bond acceptors (Lipinski definition) is 10. The van der Waals surface area contributed by atoms with Crippen molar-refractivity contribution in [3.8, 4) is 0 Å². The number of pyridine rings is 1. The van der Waals surface area contributed by atoms with Crippen LogP contribution in [0, 0.1) is 5.82 Å². The number of fused-ring (bicyclic) bond motifs is 1. The zero-order chi connectivity index (χ0) is 22.8. The van der Waals surface area contributed by atoms with Gasteiger partial charge in [0.2, 0.25) is 5.95 Å². The lowest BCUT2D eigenvalue weighted by Gasteiger charge is -2.27. The number of hydrogen-bond donors (Lipinski definition) is 2. The van der Waals surface area contributed by atoms with E-state index >= 15 is 0 Å². The summed E-state index contributed by atoms with van der Waals surface area (Å²) in [5, 5.41) is 7.20. The van der Waals surface area contributed by atoms with Gasteiger partial charge in [-0.25, -0.2) is 24.3 Å². The second-order valence-corrected chi connectivity index (χ2v) is 7.71. The number of morpholine rings is 1. The average Bonchev–Trinajstić information content (AvgIpc) is 3.24. The molecule has 12 heteroatoms. The molecule has 1 aliphatic rings. The van der Waals surface area contributed by atoms with Crippen molar-refractivity contribution in [1.29, 1.82) is 0 Å². The minimum atomic E-state index is -0.491. The molecule has 1 unspecified atom stereocenters. The zero-order valence-corrected chi connectivity index (χ0v) is 18.2. The summed E-state index contributed by atoms with van der Waals surface area (Å²) in [4.78, 5) is 28.6. The Kier molecular flexibility index (Phi) is 5.65. The number of imidazole rings is 1. The number of nitrogens with zero attached hydrogens (tertiary/aromatic N) is 8. The Morgan fingerprint density at radius 2 is 1.85 bits per heavy atom. The number of ether oxygens (including phenoxy) is 1. The van der Waals surface area contributed by atoms with Gasteiger partial charge in [0.05, 0.1) is 43.4 Å². The first-order chi connectivity index (χ1) is 16.0. The quantitative estimate of drug-likeness (QED) is 0.453. The van der Waals surface area contributed by atoms with Crippen molar-refractivity contribution in [2.75, 3.05) is 41.8 Å². The number of halogens is 1. The molecule has 1 fully saturated rings. The van der Waals surface area contributed by atoms with Crippen LogP contribution in [-0.2, 0) is 11.8 Å². The second-order valence-electron chi connectivity index (χ2n) is 7.71. The summed E-state index contributed by atoms with van der Waals surface area (Å²) in [6, 6.07) is 3.56. The summed E-state index contributed by atoms with van der Waals surface area (Å²) in [5.41, 5.74) is 0.530. The molecule has 1 aliphatic heterocycles. The van der Waals surface area contributed by atoms with Crippen LogP contribution in [0.5, 0.6) is 0 Å². The number of aromatic nitrogens is 7. The molecule has 5 heterocycles. The van der Waals surface area contributed by atoms with Crippen LogP contribution >= 0.6 is 0 Å². The van der Waals surface area contributed by atoms with E-state index < -0.39 is 5.82 Å². The van der Waals surface area contributed by atoms with Crippen molar-refractivity contribution in [3.05, 3.63) is 48.7 Å². The summed E-state index contributed by atoms with van der Waals surface area (Å²) in [7, 11) is 1.89. The minimum Gasteiger partial charge on any atom is -0.378 e. The van der Waals surface area contributed by atoms with Crippen molar-refractivity contribution in [2.45, 2.75) is 13.0 Å². The maximum atomic E-state index is 13.2. The van der Waals surface area contributed by atoms with Gasteiger partial charge < -0.3 is 24.8 Å². The fourth-order valence-corrected chi connectivity index (χ4v) is 3.53. The van der Waals surface area contributed by atoms with Crippen LogP contribution < -0.4 is 15.5 Å². The van der Waals surface area contributed by atoms with Crippen molar-refractivity contribution in [1.82, 2.24) is 34.5 Å². The van der Waals surface area contributed by atoms with E-state index in [4.69, 9.17) is 9.72 Å². The predicted octanol–water partition coefficient (Wildman–Crippen LogP) is 2.44. The lowest BCUT2D eigenvalue weighted by atomic mass is 10.2. The zero-order valence-electron chi connectivity index (χ0n) is 18.2. The van der Waals surface area contributed by atoms with Crippen LogP contribution in [0.2, 0.25) is 0 Å². The molecule has 1 atom stereocenters. The van der Waals surface area contributed by atoms with E-state index in [0.717, 1.165) is 36.7 Å². The summed E-state index contributed by atoms with van der Waals surface area (Å²) in [5.74, 6) is 2.32. The van der Waals surface area contributed by atoms with Gasteiger partial charge in [-0.1, -0.05) is 0 Å². The predicted molar refractivity (Wildman–Crippen MR) is 121 cm³/mol. The van der Waals surface area contributed by atoms with Crippen molar-refractivity contribution in [2.24, 2.45) is 7.05 Å². The van der Waals surface area contributed by atoms with Crippen LogP contribution in [0.25, 0.3) is 11.0 Å². The van der Waals surface area contributed by atoms with E-state index in [0.29, 0.717) is 42.3 Å². The van der Waals surface area contributed by atoms with Gasteiger partial charge in [-0.15, -0.1) is 0 Å². The van der Waals surface area contributed by atoms with E-state index in [9.17, 15) is 4.39 Å². The van der Waals surface area contributed by atoms with E-state index in [1.54, 1.807) is 6.33 Å². The monoisotopic (exact) mass is 450 g/mol. The van der Waals surface area contributed by atoms with Crippen LogP contribution in [0.4, 0.5) is 27.8 Å². The topological polar surface area (TPSA) is 119 Å². The molecule has 33 heavy (non-hydrogen) atoms. The van der Waals surface area contributed by atoms with Gasteiger partial charge >= 0.3 is 0 Å². The summed E-state index contributed by atoms with van der Waals surface area (Å²) < 4.78 is 20.5. The Morgan fingerprint density at radius 1 is 1.06 bits per heavy atom. The molecule has 0 saturated carbocycles. The summed E-state index contributed by atoms with van der Waals surface area (Å²) in [6.07, 6.45) is 5.82. The average molecular weight is 450 g/mol. The van der Waals surface area contributed by atoms with Gasteiger partial charge in [0.25, 0.3) is 0 Å². The van der Waals surface area contributed by atoms with E-state index in [1.165, 1.54) is 0 Å². The SMILES string of the molecule is CC(Nc1nc(Nc2cn(C)cn2)c2ccc(N3CCOCC3)nc2n1)c1ncc(F)cn1. The first-order valence-corrected chi connectivity index (χ1v) is 10.6. The third kappa shape index (κ3) is 4.65. The lowest BCUT2D eigenvalue weighted by Crippen LogP contribution is -2.36. The molecule has 0 aromatic carbocycles. The third-order valence-electron chi connectivity index (χ3n) is 5.20. The highest BCUT2D eigenvalue weighted by molar-refractivity contribution is 5.90. The first-order valence-electron chi connectivity index (χ1n) is 10.6. The molecule has 2 N–H and O–H groups in total. The van der Waals surface area contributed by atoms with Crippen molar-refractivity contribution < 1.29 is 9.13 Å². The Balaban J connectivity index is 1.51. The highest BCUT2D eigenvalue weighted by Gasteiger charge is 2.17. The number of anilines is 4. The Labute approximate surface area is 189 Å². The van der Waals surface area contributed by atoms with Crippen LogP contribution in [0.1, 0.15) is 18.8 Å². The first kappa shape index (κ1) is 20.9. The number of aryl methyl sites for hydroxylation is 1. The molecule has 5 rings (SSSR count). The minimum absolute atomic E-state index is 0.341. The Hall–Kier alpha value is -3.93. The molecule has 0 bridgehead atoms. The molecule has 4 aromatic rings. The number of nitrogens with one attached hydrogen (secondary N) is 2. The van der Waals surface area contributed by atoms with Gasteiger partial charge in [-0.3, -0.25) is 0 Å². The maximum absolute atomic E-state index is 13.2. The third-order valence-corrected chi connectivity index (χ3v) is 5.20. The van der Waals surface area contributed by atoms with Gasteiger partial charge in [0.1, 0.15) is 23.3 Å². The molecule has 1 saturated heterocycles. The van der Waals surface area contributed by atoms with Crippen LogP contribution in [0.3, 0.4) is 0 Å². The highest BCUT2D eigenvalue weighted by Crippen LogP contribution is 2.27. The van der Waals surface area contributed by atoms with Gasteiger partial charge in [-0.05, 0) is 19.1 Å². The maximum Gasteiger partial charge on any atom is 0.227 e. The van der Waals surface area contributed by atoms with E-state index in [-0.39, 0.29) is 6.04 Å². The van der Waals surface area contributed by atoms with Crippen molar-refractivity contribution >= 4 is 34.4 Å². The smallest absolute Gasteiger partial charge is 0.227 e. The van der Waals surface area contributed by atoms with E-state index in [2.05, 4.69) is 40.5 Å². The molecule has 4 aromatic heterocycles. The van der Waals surface area contributed by atoms with Crippen LogP contribution in [0.15, 0.2) is 37.1 Å². The largest absolute Gasteiger partial charge is 0.378 e. The molecule has 0 spiro atoms. The molecule has 11 nitrogen and oxygen atoms in total. The van der Waals surface area contributed by atoms with Gasteiger partial charge in [0, 0.05) is 26.3 Å². The Bertz CT molecular complexity index is 1260. The normalized spacial score (nSPS) is 14.9. The molecule has 0 aliphatic carbocycles. The van der Waals surface area contributed by atoms with Crippen molar-refractivity contribution in [3.63, 3.8) is 0 Å². The molecular formula is C21H23FN10O. The summed E-state index contributed by atoms with van der Waals surface area (Å²) >= 11 is 0. The molecular weight excluding hydrogens is 427 g/mol. The highest BCUT2D eigenvalue weighted by atomic mass is 19.1. The second kappa shape index (κ2) is 8.90. The molecule has 0 amide bonds. The molecule has 0 radical (unpaired) electrons. The number of rotatable bonds is 6. The Morgan fingerprint density at radius 3 is 2.58 bits per heavy atom. The van der Waals surface area contributed by atoms with Gasteiger partial charge in [-0.2, -0.15) is 9.97 Å². The molecule has 170 valence electrons. The summed E-state index contributed by atoms with van der Waals surface area (Å²) in [6.45, 7) is 4.72. The fourth-order valence-electron chi connectivity index (χ4n) is 3.53. The van der Waals surface area contributed by atoms with Gasteiger partial charge in [0.15, 0.2) is 11.5 Å². The lowest BCUT2D eigenvalue weighted by molar-refractivity contribution is 0.122. The fraction of sp³-hybridized carbons (Fsp3) is 0.333.